The molecule has 0 unspecified atom stereocenters. The molecule has 25 heavy (non-hydrogen) atoms. The third kappa shape index (κ3) is 5.12. The zero-order chi connectivity index (χ0) is 18.8. The molecule has 2 aromatic rings. The molecule has 1 aromatic heterocycles. The summed E-state index contributed by atoms with van der Waals surface area (Å²) in [6.45, 7) is 13.8. The quantitative estimate of drug-likeness (QED) is 0.460. The maximum absolute atomic E-state index is 11.8. The fourth-order valence-electron chi connectivity index (χ4n) is 2.16. The van der Waals surface area contributed by atoms with E-state index in [1.807, 2.05) is 22.9 Å². The Morgan fingerprint density at radius 1 is 1.28 bits per heavy atom. The van der Waals surface area contributed by atoms with Crippen LogP contribution in [0.3, 0.4) is 0 Å². The molecule has 136 valence electrons. The summed E-state index contributed by atoms with van der Waals surface area (Å²) in [4.78, 5) is 11.8. The Bertz CT molecular complexity index is 763. The lowest BCUT2D eigenvalue weighted by molar-refractivity contribution is 0.101. The molecule has 0 aliphatic carbocycles. The van der Waals surface area contributed by atoms with Crippen LogP contribution in [-0.2, 0) is 17.6 Å². The van der Waals surface area contributed by atoms with Gasteiger partial charge in [-0.1, -0.05) is 48.8 Å². The number of carbonyl (C=O) groups is 1. The van der Waals surface area contributed by atoms with Crippen LogP contribution in [-0.4, -0.2) is 23.9 Å². The number of hydrogen-bond donors (Lipinski definition) is 0. The topological polar surface area (TPSA) is 44.1 Å². The molecule has 0 radical (unpaired) electrons. The molecule has 6 heteroatoms. The van der Waals surface area contributed by atoms with Crippen molar-refractivity contribution < 1.29 is 9.22 Å². The molecule has 1 aromatic carbocycles. The summed E-state index contributed by atoms with van der Waals surface area (Å²) in [7, 11) is -1.86. The van der Waals surface area contributed by atoms with Gasteiger partial charge in [0.05, 0.1) is 18.8 Å². The Labute approximate surface area is 159 Å². The van der Waals surface area contributed by atoms with Crippen molar-refractivity contribution in [1.29, 1.82) is 0 Å². The summed E-state index contributed by atoms with van der Waals surface area (Å²) in [5.41, 5.74) is 2.56. The van der Waals surface area contributed by atoms with Gasteiger partial charge in [-0.25, -0.2) is 0 Å². The lowest BCUT2D eigenvalue weighted by atomic mass is 10.2. The zero-order valence-electron chi connectivity index (χ0n) is 15.9. The Kier molecular flexibility index (Phi) is 6.07. The molecule has 0 bridgehead atoms. The van der Waals surface area contributed by atoms with Crippen molar-refractivity contribution in [2.75, 3.05) is 0 Å². The van der Waals surface area contributed by atoms with Crippen molar-refractivity contribution in [2.24, 2.45) is 0 Å². The molecule has 0 atom stereocenters. The molecule has 2 rings (SSSR count). The highest BCUT2D eigenvalue weighted by atomic mass is 79.9. The van der Waals surface area contributed by atoms with Crippen LogP contribution in [0.15, 0.2) is 34.8 Å². The van der Waals surface area contributed by atoms with Crippen molar-refractivity contribution in [3.8, 4) is 0 Å². The second kappa shape index (κ2) is 7.56. The number of ketones is 1. The molecule has 0 spiro atoms. The van der Waals surface area contributed by atoms with Crippen molar-refractivity contribution >= 4 is 30.0 Å². The van der Waals surface area contributed by atoms with Gasteiger partial charge in [-0.2, -0.15) is 5.10 Å². The molecule has 0 N–H and O–H groups in total. The van der Waals surface area contributed by atoms with Crippen molar-refractivity contribution in [3.63, 3.8) is 0 Å². The van der Waals surface area contributed by atoms with E-state index in [0.29, 0.717) is 18.8 Å². The maximum atomic E-state index is 11.8. The maximum Gasteiger partial charge on any atom is 0.192 e. The van der Waals surface area contributed by atoms with E-state index >= 15 is 0 Å². The summed E-state index contributed by atoms with van der Waals surface area (Å²) in [6, 6.07) is 9.97. The predicted molar refractivity (Wildman–Crippen MR) is 107 cm³/mol. The average molecular weight is 423 g/mol. The third-order valence-corrected chi connectivity index (χ3v) is 9.80. The zero-order valence-corrected chi connectivity index (χ0v) is 18.5. The summed E-state index contributed by atoms with van der Waals surface area (Å²) in [5.74, 6) is -0.0263. The summed E-state index contributed by atoms with van der Waals surface area (Å²) < 4.78 is 9.24. The molecule has 1 heterocycles. The Morgan fingerprint density at radius 3 is 2.52 bits per heavy atom. The number of nitrogens with zero attached hydrogens (tertiary/aromatic N) is 2. The van der Waals surface area contributed by atoms with Gasteiger partial charge in [0, 0.05) is 11.4 Å². The smallest absolute Gasteiger partial charge is 0.192 e. The number of halogens is 1. The minimum Gasteiger partial charge on any atom is -0.411 e. The first-order chi connectivity index (χ1) is 11.5. The summed E-state index contributed by atoms with van der Waals surface area (Å²) >= 11 is 3.50. The molecule has 0 saturated carbocycles. The van der Waals surface area contributed by atoms with Crippen LogP contribution in [0.25, 0.3) is 0 Å². The van der Waals surface area contributed by atoms with E-state index in [2.05, 4.69) is 67.0 Å². The van der Waals surface area contributed by atoms with Crippen molar-refractivity contribution in [3.05, 3.63) is 51.8 Å². The standard InChI is InChI=1S/C19H27BrN2O2Si/c1-14(23)18-11-17(13-24-25(5,6)19(2,3)4)22(21-18)12-15-8-7-9-16(20)10-15/h7-11H,12-13H2,1-6H3. The molecule has 4 nitrogen and oxygen atoms in total. The summed E-state index contributed by atoms with van der Waals surface area (Å²) in [5, 5.41) is 4.63. The normalized spacial score (nSPS) is 12.4. The monoisotopic (exact) mass is 422 g/mol. The van der Waals surface area contributed by atoms with E-state index in [-0.39, 0.29) is 10.8 Å². The Hall–Kier alpha value is -1.24. The molecule has 0 fully saturated rings. The van der Waals surface area contributed by atoms with Crippen molar-refractivity contribution in [2.45, 2.75) is 59.0 Å². The Morgan fingerprint density at radius 2 is 1.96 bits per heavy atom. The van der Waals surface area contributed by atoms with Crippen LogP contribution in [0.4, 0.5) is 0 Å². The predicted octanol–water partition coefficient (Wildman–Crippen LogP) is 5.42. The van der Waals surface area contributed by atoms with Crippen LogP contribution < -0.4 is 0 Å². The Balaban J connectivity index is 2.26. The number of rotatable bonds is 6. The highest BCUT2D eigenvalue weighted by Gasteiger charge is 2.37. The first kappa shape index (κ1) is 20.1. The van der Waals surface area contributed by atoms with Crippen LogP contribution in [0.5, 0.6) is 0 Å². The lowest BCUT2D eigenvalue weighted by Gasteiger charge is -2.36. The number of aromatic nitrogens is 2. The van der Waals surface area contributed by atoms with E-state index < -0.39 is 8.32 Å². The van der Waals surface area contributed by atoms with E-state index in [0.717, 1.165) is 15.7 Å². The fraction of sp³-hybridized carbons (Fsp3) is 0.474. The first-order valence-corrected chi connectivity index (χ1v) is 12.2. The van der Waals surface area contributed by atoms with Crippen LogP contribution >= 0.6 is 15.9 Å². The van der Waals surface area contributed by atoms with Gasteiger partial charge in [-0.15, -0.1) is 0 Å². The van der Waals surface area contributed by atoms with Crippen LogP contribution in [0.1, 0.15) is 49.4 Å². The second-order valence-electron chi connectivity index (χ2n) is 7.91. The minimum atomic E-state index is -1.86. The number of hydrogen-bond acceptors (Lipinski definition) is 3. The average Bonchev–Trinajstić information content (AvgIpc) is 2.87. The van der Waals surface area contributed by atoms with Gasteiger partial charge in [0.25, 0.3) is 0 Å². The molecule has 0 aliphatic rings. The van der Waals surface area contributed by atoms with Crippen LogP contribution in [0.2, 0.25) is 18.1 Å². The van der Waals surface area contributed by atoms with Gasteiger partial charge in [-0.3, -0.25) is 9.48 Å². The number of Topliss-reactive ketones (excluding diaryl/α,β-unsaturated/α-hetero) is 1. The highest BCUT2D eigenvalue weighted by molar-refractivity contribution is 9.10. The van der Waals surface area contributed by atoms with Crippen LogP contribution in [0, 0.1) is 0 Å². The van der Waals surface area contributed by atoms with Gasteiger partial charge >= 0.3 is 0 Å². The second-order valence-corrected chi connectivity index (χ2v) is 13.6. The number of benzene rings is 1. The van der Waals surface area contributed by atoms with E-state index in [4.69, 9.17) is 4.43 Å². The fourth-order valence-corrected chi connectivity index (χ4v) is 3.55. The SMILES string of the molecule is CC(=O)c1cc(CO[Si](C)(C)C(C)(C)C)n(Cc2cccc(Br)c2)n1. The van der Waals surface area contributed by atoms with Gasteiger partial charge < -0.3 is 4.43 Å². The highest BCUT2D eigenvalue weighted by Crippen LogP contribution is 2.37. The lowest BCUT2D eigenvalue weighted by Crippen LogP contribution is -2.40. The molecular formula is C19H27BrN2O2Si. The molecular weight excluding hydrogens is 396 g/mol. The molecule has 0 amide bonds. The minimum absolute atomic E-state index is 0.0263. The third-order valence-electron chi connectivity index (χ3n) is 4.83. The van der Waals surface area contributed by atoms with E-state index in [9.17, 15) is 4.79 Å². The first-order valence-electron chi connectivity index (χ1n) is 8.46. The number of carbonyl (C=O) groups excluding carboxylic acids is 1. The van der Waals surface area contributed by atoms with Gasteiger partial charge in [-0.05, 0) is 41.9 Å². The van der Waals surface area contributed by atoms with Crippen molar-refractivity contribution in [1.82, 2.24) is 9.78 Å². The van der Waals surface area contributed by atoms with E-state index in [1.54, 1.807) is 6.92 Å². The van der Waals surface area contributed by atoms with Gasteiger partial charge in [0.1, 0.15) is 5.69 Å². The van der Waals surface area contributed by atoms with Gasteiger partial charge in [0.2, 0.25) is 0 Å². The van der Waals surface area contributed by atoms with Gasteiger partial charge in [0.15, 0.2) is 14.1 Å². The molecule has 0 aliphatic heterocycles. The largest absolute Gasteiger partial charge is 0.411 e. The molecule has 0 saturated heterocycles. The van der Waals surface area contributed by atoms with E-state index in [1.165, 1.54) is 0 Å². The summed E-state index contributed by atoms with van der Waals surface area (Å²) in [6.07, 6.45) is 0.